The van der Waals surface area contributed by atoms with Crippen molar-refractivity contribution in [2.24, 2.45) is 29.1 Å². The molecule has 2 aliphatic heterocycles. The number of ether oxygens (including phenoxy) is 1. The lowest BCUT2D eigenvalue weighted by Gasteiger charge is -2.62. The van der Waals surface area contributed by atoms with Gasteiger partial charge >= 0.3 is 0 Å². The largest absolute Gasteiger partial charge is 0.496 e. The van der Waals surface area contributed by atoms with Crippen molar-refractivity contribution in [2.45, 2.75) is 83.8 Å². The molecule has 2 heterocycles. The Balaban J connectivity index is 1.18. The number of para-hydroxylation sites is 1. The van der Waals surface area contributed by atoms with E-state index in [-0.39, 0.29) is 42.5 Å². The van der Waals surface area contributed by atoms with Crippen molar-refractivity contribution in [1.82, 2.24) is 20.2 Å². The van der Waals surface area contributed by atoms with Crippen molar-refractivity contribution in [1.29, 1.82) is 0 Å². The number of hydroxylamine groups is 2. The van der Waals surface area contributed by atoms with E-state index >= 15 is 0 Å². The smallest absolute Gasteiger partial charge is 0.254 e. The molecule has 9 atom stereocenters. The first-order valence-corrected chi connectivity index (χ1v) is 20.8. The van der Waals surface area contributed by atoms with Gasteiger partial charge < -0.3 is 35.0 Å². The highest BCUT2D eigenvalue weighted by Gasteiger charge is 2.57. The molecule has 5 fully saturated rings. The van der Waals surface area contributed by atoms with Crippen molar-refractivity contribution < 1.29 is 29.4 Å². The quantitative estimate of drug-likeness (QED) is 0.231. The second-order valence-corrected chi connectivity index (χ2v) is 18.0. The summed E-state index contributed by atoms with van der Waals surface area (Å²) < 4.78 is 6.15. The summed E-state index contributed by atoms with van der Waals surface area (Å²) in [6.07, 6.45) is 1.26. The first-order chi connectivity index (χ1) is 27.2. The van der Waals surface area contributed by atoms with Gasteiger partial charge in [-0.3, -0.25) is 14.4 Å². The van der Waals surface area contributed by atoms with Gasteiger partial charge in [-0.05, 0) is 85.7 Å². The monoisotopic (exact) mass is 781 g/mol. The molecule has 5 aliphatic rings. The van der Waals surface area contributed by atoms with Crippen LogP contribution in [0.4, 0.5) is 5.69 Å². The highest BCUT2D eigenvalue weighted by molar-refractivity contribution is 5.97. The molecule has 3 saturated carbocycles. The molecule has 0 spiro atoms. The number of carbonyl (C=O) groups excluding carboxylic acids is 2. The lowest BCUT2D eigenvalue weighted by atomic mass is 9.45. The van der Waals surface area contributed by atoms with E-state index in [1.54, 1.807) is 19.1 Å². The molecule has 0 radical (unpaired) electrons. The third-order valence-electron chi connectivity index (χ3n) is 13.9. The Hall–Kier alpha value is -4.00. The van der Waals surface area contributed by atoms with Crippen LogP contribution in [0.2, 0.25) is 0 Å². The number of aliphatic hydroxyl groups excluding tert-OH is 2. The minimum atomic E-state index is -0.899. The number of hydrogen-bond donors (Lipinski definition) is 3. The number of nitrogens with zero attached hydrogens (tertiary/aromatic N) is 4. The molecule has 11 nitrogen and oxygen atoms in total. The SMILES string of the molecule is COc1c(CN2O[C@@H](CO)[C@@H]([C@H](C)O)[C@H]2C(=O)N[C@H]2C[C@H]3C[C@@H]([C@@H]2C)C3(C)C)cccc1-c1cc(C(=O)N2CCN(C)C[C@@H]2Cc2ccccc2)cc(N(C)C)c1. The number of hydrogen-bond acceptors (Lipinski definition) is 9. The van der Waals surface area contributed by atoms with E-state index in [4.69, 9.17) is 9.57 Å². The molecule has 2 saturated heterocycles. The number of methoxy groups -OCH3 is 1. The van der Waals surface area contributed by atoms with E-state index in [1.165, 1.54) is 12.0 Å². The van der Waals surface area contributed by atoms with E-state index in [9.17, 15) is 19.8 Å². The van der Waals surface area contributed by atoms with Crippen molar-refractivity contribution in [3.05, 3.63) is 83.4 Å². The van der Waals surface area contributed by atoms with Crippen molar-refractivity contribution in [2.75, 3.05) is 59.4 Å². The van der Waals surface area contributed by atoms with Gasteiger partial charge in [0.2, 0.25) is 5.91 Å². The minimum Gasteiger partial charge on any atom is -0.496 e. The average molecular weight is 782 g/mol. The summed E-state index contributed by atoms with van der Waals surface area (Å²) in [4.78, 5) is 41.5. The molecule has 3 N–H and O–H groups in total. The first-order valence-electron chi connectivity index (χ1n) is 20.8. The number of rotatable bonds is 12. The van der Waals surface area contributed by atoms with Gasteiger partial charge in [-0.25, -0.2) is 0 Å². The molecule has 2 amide bonds. The highest BCUT2D eigenvalue weighted by atomic mass is 16.7. The first kappa shape index (κ1) is 41.2. The average Bonchev–Trinajstić information content (AvgIpc) is 3.57. The lowest BCUT2D eigenvalue weighted by molar-refractivity contribution is -0.183. The van der Waals surface area contributed by atoms with Crippen LogP contribution in [0, 0.1) is 29.1 Å². The molecule has 0 aromatic heterocycles. The van der Waals surface area contributed by atoms with Crippen LogP contribution in [-0.4, -0.2) is 122 Å². The molecule has 11 heteroatoms. The molecule has 57 heavy (non-hydrogen) atoms. The maximum absolute atomic E-state index is 14.5. The summed E-state index contributed by atoms with van der Waals surface area (Å²) in [5, 5.41) is 26.4. The topological polar surface area (TPSA) is 118 Å². The maximum Gasteiger partial charge on any atom is 0.254 e. The van der Waals surface area contributed by atoms with Gasteiger partial charge in [0.05, 0.1) is 26.4 Å². The van der Waals surface area contributed by atoms with E-state index in [2.05, 4.69) is 56.2 Å². The molecule has 3 aliphatic carbocycles. The Kier molecular flexibility index (Phi) is 12.1. The normalized spacial score (nSPS) is 29.1. The summed E-state index contributed by atoms with van der Waals surface area (Å²) in [7, 11) is 7.68. The van der Waals surface area contributed by atoms with E-state index < -0.39 is 24.2 Å². The van der Waals surface area contributed by atoms with Gasteiger partial charge in [0.1, 0.15) is 17.9 Å². The summed E-state index contributed by atoms with van der Waals surface area (Å²) in [5.41, 5.74) is 5.39. The summed E-state index contributed by atoms with van der Waals surface area (Å²) >= 11 is 0. The Morgan fingerprint density at radius 2 is 1.81 bits per heavy atom. The maximum atomic E-state index is 14.5. The van der Waals surface area contributed by atoms with Crippen LogP contribution in [0.3, 0.4) is 0 Å². The predicted molar refractivity (Wildman–Crippen MR) is 223 cm³/mol. The number of aliphatic hydroxyl groups is 2. The Morgan fingerprint density at radius 1 is 1.05 bits per heavy atom. The molecule has 308 valence electrons. The van der Waals surface area contributed by atoms with Gasteiger partial charge in [0.25, 0.3) is 5.91 Å². The van der Waals surface area contributed by atoms with E-state index in [0.29, 0.717) is 35.6 Å². The summed E-state index contributed by atoms with van der Waals surface area (Å²) in [5.74, 6) is 1.22. The molecule has 8 rings (SSSR count). The molecule has 2 bridgehead atoms. The Labute approximate surface area is 338 Å². The fourth-order valence-corrected chi connectivity index (χ4v) is 10.5. The number of nitrogens with one attached hydrogen (secondary N) is 1. The summed E-state index contributed by atoms with van der Waals surface area (Å²) in [6, 6.07) is 21.5. The molecule has 3 aromatic rings. The van der Waals surface area contributed by atoms with Gasteiger partial charge in [0.15, 0.2) is 0 Å². The zero-order valence-corrected chi connectivity index (χ0v) is 35.0. The van der Waals surface area contributed by atoms with Crippen molar-refractivity contribution in [3.63, 3.8) is 0 Å². The zero-order chi connectivity index (χ0) is 40.8. The fourth-order valence-electron chi connectivity index (χ4n) is 10.5. The van der Waals surface area contributed by atoms with Crippen LogP contribution in [0.25, 0.3) is 11.1 Å². The number of benzene rings is 3. The number of fused-ring (bicyclic) bond motifs is 2. The third kappa shape index (κ3) is 8.06. The van der Waals surface area contributed by atoms with E-state index in [1.807, 2.05) is 72.4 Å². The van der Waals surface area contributed by atoms with Gasteiger partial charge in [0, 0.05) is 74.1 Å². The summed E-state index contributed by atoms with van der Waals surface area (Å²) in [6.45, 7) is 10.7. The van der Waals surface area contributed by atoms with E-state index in [0.717, 1.165) is 48.3 Å². The number of likely N-dealkylation sites (N-methyl/N-ethyl adjacent to an activating group) is 1. The highest BCUT2D eigenvalue weighted by Crippen LogP contribution is 2.61. The predicted octanol–water partition coefficient (Wildman–Crippen LogP) is 5.09. The van der Waals surface area contributed by atoms with Crippen LogP contribution < -0.4 is 15.0 Å². The second-order valence-electron chi connectivity index (χ2n) is 18.0. The van der Waals surface area contributed by atoms with Crippen LogP contribution in [-0.2, 0) is 22.6 Å². The van der Waals surface area contributed by atoms with Crippen LogP contribution in [0.1, 0.15) is 62.0 Å². The zero-order valence-electron chi connectivity index (χ0n) is 35.0. The molecular weight excluding hydrogens is 719 g/mol. The number of carbonyl (C=O) groups is 2. The van der Waals surface area contributed by atoms with Gasteiger partial charge in [-0.2, -0.15) is 5.06 Å². The molecule has 3 aromatic carbocycles. The number of anilines is 1. The molecule has 0 unspecified atom stereocenters. The van der Waals surface area contributed by atoms with Crippen molar-refractivity contribution in [3.8, 4) is 16.9 Å². The van der Waals surface area contributed by atoms with Crippen molar-refractivity contribution >= 4 is 17.5 Å². The Bertz CT molecular complexity index is 1900. The lowest BCUT2D eigenvalue weighted by Crippen LogP contribution is -2.62. The number of piperazine rings is 1. The van der Waals surface area contributed by atoms with Crippen LogP contribution in [0.15, 0.2) is 66.7 Å². The molecular formula is C46H63N5O6. The minimum absolute atomic E-state index is 0.00390. The fraction of sp³-hybridized carbons (Fsp3) is 0.565. The van der Waals surface area contributed by atoms with Gasteiger partial charge in [-0.15, -0.1) is 0 Å². The Morgan fingerprint density at radius 3 is 2.46 bits per heavy atom. The van der Waals surface area contributed by atoms with Gasteiger partial charge in [-0.1, -0.05) is 69.3 Å². The standard InChI is InChI=1S/C46H63N5O6/c1-28-38-23-34(46(38,3)4)24-39(28)47-44(54)42-41(29(2)53)40(27-52)57-51(42)25-31-15-12-16-37(43(31)56-8)32-20-33(22-35(21-32)48(5)6)45(55)50-18-17-49(7)26-36(50)19-30-13-10-9-11-14-30/h9-16,20-22,28-29,34,36,38-42,52-53H,17-19,23-27H2,1-8H3,(H,47,54)/t28-,29-,34+,36-,38-,39-,40-,41+,42-/m0/s1. The number of amides is 2. The third-order valence-corrected chi connectivity index (χ3v) is 13.9. The van der Waals surface area contributed by atoms with Crippen LogP contribution in [0.5, 0.6) is 5.75 Å². The second kappa shape index (κ2) is 16.7. The van der Waals surface area contributed by atoms with Crippen LogP contribution >= 0.6 is 0 Å².